The summed E-state index contributed by atoms with van der Waals surface area (Å²) in [4.78, 5) is 14.7. The molecule has 0 saturated carbocycles. The van der Waals surface area contributed by atoms with Crippen molar-refractivity contribution < 1.29 is 9.13 Å². The molecule has 3 atom stereocenters. The summed E-state index contributed by atoms with van der Waals surface area (Å²) in [5, 5.41) is 4.47. The maximum absolute atomic E-state index is 13.5. The number of aromatic amines is 1. The van der Waals surface area contributed by atoms with Crippen LogP contribution in [-0.4, -0.2) is 53.6 Å². The van der Waals surface area contributed by atoms with Crippen LogP contribution in [0.15, 0.2) is 53.8 Å². The number of halogens is 1. The highest BCUT2D eigenvalue weighted by molar-refractivity contribution is 5.81. The van der Waals surface area contributed by atoms with Crippen LogP contribution in [0, 0.1) is 5.82 Å². The number of hydrogen-bond acceptors (Lipinski definition) is 5. The van der Waals surface area contributed by atoms with Gasteiger partial charge in [-0.3, -0.25) is 4.99 Å². The van der Waals surface area contributed by atoms with Crippen molar-refractivity contribution >= 4 is 17.4 Å². The summed E-state index contributed by atoms with van der Waals surface area (Å²) in [5.41, 5.74) is 3.01. The van der Waals surface area contributed by atoms with E-state index in [0.717, 1.165) is 48.4 Å². The van der Waals surface area contributed by atoms with Gasteiger partial charge in [0.2, 0.25) is 0 Å². The van der Waals surface area contributed by atoms with Gasteiger partial charge in [-0.15, -0.1) is 0 Å². The molecule has 4 heterocycles. The van der Waals surface area contributed by atoms with E-state index >= 15 is 0 Å². The fourth-order valence-corrected chi connectivity index (χ4v) is 4.14. The molecule has 1 fully saturated rings. The smallest absolute Gasteiger partial charge is 0.137 e. The Kier molecular flexibility index (Phi) is 4.54. The maximum Gasteiger partial charge on any atom is 0.137 e. The van der Waals surface area contributed by atoms with E-state index in [0.29, 0.717) is 0 Å². The van der Waals surface area contributed by atoms with Crippen molar-refractivity contribution in [2.24, 2.45) is 4.99 Å². The van der Waals surface area contributed by atoms with Gasteiger partial charge in [0.15, 0.2) is 0 Å². The molecule has 1 saturated heterocycles. The van der Waals surface area contributed by atoms with E-state index < -0.39 is 0 Å². The van der Waals surface area contributed by atoms with Crippen LogP contribution in [0.3, 0.4) is 0 Å². The molecular weight excluding hydrogens is 357 g/mol. The van der Waals surface area contributed by atoms with E-state index in [4.69, 9.17) is 9.73 Å². The minimum absolute atomic E-state index is 0.00251. The van der Waals surface area contributed by atoms with E-state index in [1.807, 2.05) is 30.9 Å². The summed E-state index contributed by atoms with van der Waals surface area (Å²) in [6, 6.07) is 10.6. The van der Waals surface area contributed by atoms with Crippen molar-refractivity contribution in [1.82, 2.24) is 20.2 Å². The molecule has 5 rings (SSSR count). The summed E-state index contributed by atoms with van der Waals surface area (Å²) < 4.78 is 19.4. The minimum Gasteiger partial charge on any atom is -0.374 e. The number of hydrogen-bond donors (Lipinski definition) is 2. The highest BCUT2D eigenvalue weighted by Gasteiger charge is 2.36. The Morgan fingerprint density at radius 3 is 2.89 bits per heavy atom. The van der Waals surface area contributed by atoms with Gasteiger partial charge in [0.25, 0.3) is 0 Å². The average molecular weight is 379 g/mol. The van der Waals surface area contributed by atoms with Gasteiger partial charge in [-0.25, -0.2) is 9.37 Å². The van der Waals surface area contributed by atoms with Gasteiger partial charge in [-0.05, 0) is 35.4 Å². The number of morpholine rings is 1. The van der Waals surface area contributed by atoms with E-state index in [2.05, 4.69) is 32.3 Å². The molecule has 0 amide bonds. The number of aliphatic imine (C=N–C) groups is 1. The van der Waals surface area contributed by atoms with Gasteiger partial charge in [0.05, 0.1) is 25.1 Å². The molecule has 0 radical (unpaired) electrons. The first kappa shape index (κ1) is 17.3. The lowest BCUT2D eigenvalue weighted by Crippen LogP contribution is -2.45. The van der Waals surface area contributed by atoms with E-state index in [-0.39, 0.29) is 24.0 Å². The third-order valence-electron chi connectivity index (χ3n) is 5.47. The first-order valence-electron chi connectivity index (χ1n) is 9.58. The van der Waals surface area contributed by atoms with Gasteiger partial charge < -0.3 is 19.9 Å². The third-order valence-corrected chi connectivity index (χ3v) is 5.47. The number of nitrogens with one attached hydrogen (secondary N) is 2. The number of rotatable bonds is 4. The Labute approximate surface area is 162 Å². The second kappa shape index (κ2) is 7.33. The van der Waals surface area contributed by atoms with Crippen LogP contribution >= 0.6 is 0 Å². The highest BCUT2D eigenvalue weighted by atomic mass is 19.1. The van der Waals surface area contributed by atoms with Crippen LogP contribution in [0.4, 0.5) is 4.39 Å². The van der Waals surface area contributed by atoms with Crippen molar-refractivity contribution in [3.63, 3.8) is 0 Å². The third kappa shape index (κ3) is 3.16. The molecule has 3 aromatic rings. The second-order valence-corrected chi connectivity index (χ2v) is 7.24. The Balaban J connectivity index is 1.53. The fraction of sp³-hybridized carbons (Fsp3) is 0.333. The Morgan fingerprint density at radius 2 is 2.07 bits per heavy atom. The zero-order valence-electron chi connectivity index (χ0n) is 15.4. The molecule has 2 aliphatic heterocycles. The van der Waals surface area contributed by atoms with Crippen LogP contribution < -0.4 is 5.32 Å². The Morgan fingerprint density at radius 1 is 1.18 bits per heavy atom. The van der Waals surface area contributed by atoms with E-state index in [1.54, 1.807) is 0 Å². The zero-order valence-corrected chi connectivity index (χ0v) is 15.4. The van der Waals surface area contributed by atoms with Gasteiger partial charge in [-0.2, -0.15) is 0 Å². The number of ether oxygens (including phenoxy) is 1. The molecule has 0 bridgehead atoms. The number of benzene rings is 1. The lowest BCUT2D eigenvalue weighted by molar-refractivity contribution is 0.0124. The first-order chi connectivity index (χ1) is 13.8. The predicted octanol–water partition coefficient (Wildman–Crippen LogP) is 2.82. The number of H-pyrrole nitrogens is 1. The molecule has 0 aliphatic carbocycles. The number of nitrogens with zero attached hydrogens (tertiary/aromatic N) is 3. The molecule has 144 valence electrons. The van der Waals surface area contributed by atoms with Crippen LogP contribution in [-0.2, 0) is 4.74 Å². The summed E-state index contributed by atoms with van der Waals surface area (Å²) in [5.74, 6) is -0.238. The molecule has 2 N–H and O–H groups in total. The van der Waals surface area contributed by atoms with E-state index in [1.165, 1.54) is 12.1 Å². The monoisotopic (exact) mass is 379 g/mol. The van der Waals surface area contributed by atoms with Gasteiger partial charge in [-0.1, -0.05) is 12.1 Å². The normalized spacial score (nSPS) is 24.9. The summed E-state index contributed by atoms with van der Waals surface area (Å²) in [6.07, 6.45) is 5.75. The standard InChI is InChI=1S/C21H22FN5O/c22-15-3-1-14(2-4-15)19-20(17-5-7-24-21-18(17)6-8-25-21)27(13-26-19)12-16-11-23-9-10-28-16/h1-8,13,16,19-20,23H,9-12H2,(H,24,25). The van der Waals surface area contributed by atoms with Gasteiger partial charge in [0.1, 0.15) is 17.5 Å². The fourth-order valence-electron chi connectivity index (χ4n) is 4.14. The van der Waals surface area contributed by atoms with E-state index in [9.17, 15) is 4.39 Å². The molecular formula is C21H22FN5O. The molecule has 2 aromatic heterocycles. The van der Waals surface area contributed by atoms with Crippen LogP contribution in [0.25, 0.3) is 11.0 Å². The first-order valence-corrected chi connectivity index (χ1v) is 9.58. The Hall–Kier alpha value is -2.77. The number of aromatic nitrogens is 2. The molecule has 1 aromatic carbocycles. The molecule has 6 nitrogen and oxygen atoms in total. The highest BCUT2D eigenvalue weighted by Crippen LogP contribution is 2.42. The van der Waals surface area contributed by atoms with Crippen molar-refractivity contribution in [3.8, 4) is 0 Å². The molecule has 7 heteroatoms. The average Bonchev–Trinajstić information content (AvgIpc) is 3.36. The van der Waals surface area contributed by atoms with Gasteiger partial charge >= 0.3 is 0 Å². The lowest BCUT2D eigenvalue weighted by Gasteiger charge is -2.33. The minimum atomic E-state index is -0.238. The second-order valence-electron chi connectivity index (χ2n) is 7.24. The summed E-state index contributed by atoms with van der Waals surface area (Å²) in [7, 11) is 0. The van der Waals surface area contributed by atoms with Crippen molar-refractivity contribution in [2.45, 2.75) is 18.2 Å². The number of pyridine rings is 1. The summed E-state index contributed by atoms with van der Waals surface area (Å²) >= 11 is 0. The van der Waals surface area contributed by atoms with Crippen LogP contribution in [0.2, 0.25) is 0 Å². The molecule has 2 aliphatic rings. The SMILES string of the molecule is Fc1ccc(C2N=CN(CC3CNCCO3)C2c2ccnc3[nH]ccc23)cc1. The van der Waals surface area contributed by atoms with Gasteiger partial charge in [0, 0.05) is 37.4 Å². The predicted molar refractivity (Wildman–Crippen MR) is 106 cm³/mol. The molecule has 0 spiro atoms. The van der Waals surface area contributed by atoms with Crippen molar-refractivity contribution in [3.05, 3.63) is 65.7 Å². The van der Waals surface area contributed by atoms with Crippen molar-refractivity contribution in [2.75, 3.05) is 26.2 Å². The Bertz CT molecular complexity index is 980. The van der Waals surface area contributed by atoms with Crippen LogP contribution in [0.1, 0.15) is 23.2 Å². The number of fused-ring (bicyclic) bond motifs is 1. The molecule has 3 unspecified atom stereocenters. The molecule has 28 heavy (non-hydrogen) atoms. The van der Waals surface area contributed by atoms with Crippen molar-refractivity contribution in [1.29, 1.82) is 0 Å². The zero-order chi connectivity index (χ0) is 18.9. The lowest BCUT2D eigenvalue weighted by atomic mass is 9.92. The van der Waals surface area contributed by atoms with Crippen LogP contribution in [0.5, 0.6) is 0 Å². The maximum atomic E-state index is 13.5. The summed E-state index contributed by atoms with van der Waals surface area (Å²) in [6.45, 7) is 3.18. The quantitative estimate of drug-likeness (QED) is 0.732. The largest absolute Gasteiger partial charge is 0.374 e. The topological polar surface area (TPSA) is 65.5 Å².